The highest BCUT2D eigenvalue weighted by atomic mass is 79.9. The Morgan fingerprint density at radius 1 is 0.811 bits per heavy atom. The minimum Gasteiger partial charge on any atom is -1.00 e. The molecule has 0 saturated heterocycles. The van der Waals surface area contributed by atoms with Gasteiger partial charge in [0.2, 0.25) is 11.4 Å². The van der Waals surface area contributed by atoms with E-state index < -0.39 is 0 Å². The maximum atomic E-state index is 13.3. The van der Waals surface area contributed by atoms with Gasteiger partial charge in [-0.15, -0.1) is 0 Å². The van der Waals surface area contributed by atoms with Crippen LogP contribution in [0.15, 0.2) is 125 Å². The Kier molecular flexibility index (Phi) is 6.70. The fourth-order valence-electron chi connectivity index (χ4n) is 4.55. The number of hydrogen-bond donors (Lipinski definition) is 1. The lowest BCUT2D eigenvalue weighted by Crippen LogP contribution is -3.00. The van der Waals surface area contributed by atoms with Crippen LogP contribution in [0, 0.1) is 0 Å². The van der Waals surface area contributed by atoms with Gasteiger partial charge in [-0.3, -0.25) is 9.89 Å². The fourth-order valence-corrected chi connectivity index (χ4v) is 4.55. The SMILES string of the molecule is COc1ccc(C2=C(c3ccccc3)C(=Nc3c[nH]n(-c4ccccc4)c3=O)c3cccc[n+]32)cc1.[Br-]. The number of pyridine rings is 1. The maximum absolute atomic E-state index is 13.3. The molecular formula is C30H23BrN4O2. The number of aliphatic imine (C=N–C) groups is 1. The number of allylic oxidation sites excluding steroid dienone is 1. The van der Waals surface area contributed by atoms with Crippen molar-refractivity contribution in [2.24, 2.45) is 4.99 Å². The molecule has 0 spiro atoms. The summed E-state index contributed by atoms with van der Waals surface area (Å²) in [5.74, 6) is 0.791. The number of nitrogens with one attached hydrogen (secondary N) is 1. The number of nitrogens with zero attached hydrogens (tertiary/aromatic N) is 3. The number of H-pyrrole nitrogens is 1. The van der Waals surface area contributed by atoms with Crippen molar-refractivity contribution in [3.8, 4) is 11.4 Å². The van der Waals surface area contributed by atoms with Gasteiger partial charge in [0.15, 0.2) is 11.9 Å². The smallest absolute Gasteiger partial charge is 0.297 e. The molecule has 7 heteroatoms. The quantitative estimate of drug-likeness (QED) is 0.340. The predicted octanol–water partition coefficient (Wildman–Crippen LogP) is 2.02. The number of aromatic nitrogens is 3. The van der Waals surface area contributed by atoms with Gasteiger partial charge in [-0.05, 0) is 48.0 Å². The second-order valence-corrected chi connectivity index (χ2v) is 8.37. The highest BCUT2D eigenvalue weighted by Gasteiger charge is 2.38. The van der Waals surface area contributed by atoms with E-state index in [4.69, 9.17) is 9.73 Å². The fraction of sp³-hybridized carbons (Fsp3) is 0.0333. The number of fused-ring (bicyclic) bond motifs is 1. The van der Waals surface area contributed by atoms with Crippen LogP contribution in [0.25, 0.3) is 17.0 Å². The second kappa shape index (κ2) is 10.2. The summed E-state index contributed by atoms with van der Waals surface area (Å²) in [6, 6.07) is 33.6. The van der Waals surface area contributed by atoms with Gasteiger partial charge in [-0.2, -0.15) is 4.57 Å². The lowest BCUT2D eigenvalue weighted by molar-refractivity contribution is -0.577. The van der Waals surface area contributed by atoms with E-state index in [1.807, 2.05) is 97.2 Å². The normalized spacial score (nSPS) is 13.4. The standard InChI is InChI=1S/C30H22N4O2.BrH/c1-36-24-17-15-22(16-18-24)29-27(21-10-4-2-5-11-21)28(26-14-8-9-19-33(26)29)32-25-20-31-34(30(25)35)23-12-6-3-7-13-23;/h2-20H,1H3;1H. The van der Waals surface area contributed by atoms with Crippen LogP contribution in [0.1, 0.15) is 16.8 Å². The van der Waals surface area contributed by atoms with Gasteiger partial charge < -0.3 is 21.7 Å². The molecule has 0 aliphatic carbocycles. The Balaban J connectivity index is 0.00000280. The van der Waals surface area contributed by atoms with Gasteiger partial charge in [0.25, 0.3) is 5.56 Å². The number of rotatable bonds is 5. The van der Waals surface area contributed by atoms with Crippen LogP contribution in [0.2, 0.25) is 0 Å². The topological polar surface area (TPSA) is 63.3 Å². The Bertz CT molecular complexity index is 1670. The number of aromatic amines is 1. The number of benzene rings is 3. The van der Waals surface area contributed by atoms with Crippen molar-refractivity contribution in [2.45, 2.75) is 0 Å². The summed E-state index contributed by atoms with van der Waals surface area (Å²) < 4.78 is 9.01. The molecule has 37 heavy (non-hydrogen) atoms. The van der Waals surface area contributed by atoms with Crippen molar-refractivity contribution in [1.82, 2.24) is 9.78 Å². The van der Waals surface area contributed by atoms with E-state index in [1.165, 1.54) is 4.68 Å². The molecule has 0 amide bonds. The van der Waals surface area contributed by atoms with Gasteiger partial charge in [0, 0.05) is 17.7 Å². The zero-order valence-corrected chi connectivity index (χ0v) is 21.6. The molecule has 0 saturated carbocycles. The molecule has 3 heterocycles. The first kappa shape index (κ1) is 24.2. The molecule has 1 aliphatic rings. The number of halogens is 1. The van der Waals surface area contributed by atoms with Gasteiger partial charge in [0.05, 0.1) is 24.6 Å². The van der Waals surface area contributed by atoms with Crippen molar-refractivity contribution < 1.29 is 26.3 Å². The molecule has 0 radical (unpaired) electrons. The van der Waals surface area contributed by atoms with Crippen LogP contribution >= 0.6 is 0 Å². The molecule has 1 N–H and O–H groups in total. The van der Waals surface area contributed by atoms with Crippen LogP contribution in [0.3, 0.4) is 0 Å². The largest absolute Gasteiger partial charge is 1.00 e. The molecule has 6 rings (SSSR count). The summed E-state index contributed by atoms with van der Waals surface area (Å²) in [6.07, 6.45) is 3.68. The van der Waals surface area contributed by atoms with Crippen LogP contribution in [0.4, 0.5) is 5.69 Å². The van der Waals surface area contributed by atoms with Crippen LogP contribution in [-0.4, -0.2) is 22.6 Å². The highest BCUT2D eigenvalue weighted by Crippen LogP contribution is 2.34. The van der Waals surface area contributed by atoms with E-state index in [-0.39, 0.29) is 22.5 Å². The summed E-state index contributed by atoms with van der Waals surface area (Å²) in [5, 5.41) is 3.06. The number of hydrogen-bond acceptors (Lipinski definition) is 3. The van der Waals surface area contributed by atoms with E-state index in [2.05, 4.69) is 21.8 Å². The average molecular weight is 551 g/mol. The monoisotopic (exact) mass is 550 g/mol. The van der Waals surface area contributed by atoms with Crippen molar-refractivity contribution in [3.05, 3.63) is 143 Å². The summed E-state index contributed by atoms with van der Waals surface area (Å²) >= 11 is 0. The van der Waals surface area contributed by atoms with Crippen molar-refractivity contribution in [2.75, 3.05) is 7.11 Å². The van der Waals surface area contributed by atoms with E-state index in [0.717, 1.165) is 45.2 Å². The molecule has 182 valence electrons. The summed E-state index contributed by atoms with van der Waals surface area (Å²) in [5.41, 5.74) is 6.54. The third kappa shape index (κ3) is 4.34. The molecule has 2 aromatic heterocycles. The van der Waals surface area contributed by atoms with Gasteiger partial charge in [-0.1, -0.05) is 48.5 Å². The van der Waals surface area contributed by atoms with E-state index in [9.17, 15) is 4.79 Å². The lowest BCUT2D eigenvalue weighted by Gasteiger charge is -2.05. The van der Waals surface area contributed by atoms with Crippen LogP contribution < -0.4 is 31.8 Å². The molecule has 5 aromatic rings. The molecule has 0 unspecified atom stereocenters. The van der Waals surface area contributed by atoms with Crippen molar-refractivity contribution in [3.63, 3.8) is 0 Å². The first-order chi connectivity index (χ1) is 17.7. The first-order valence-corrected chi connectivity index (χ1v) is 11.6. The third-order valence-electron chi connectivity index (χ3n) is 6.24. The zero-order chi connectivity index (χ0) is 24.5. The summed E-state index contributed by atoms with van der Waals surface area (Å²) in [6.45, 7) is 0. The van der Waals surface area contributed by atoms with Crippen molar-refractivity contribution >= 4 is 22.7 Å². The first-order valence-electron chi connectivity index (χ1n) is 11.6. The second-order valence-electron chi connectivity index (χ2n) is 8.37. The predicted molar refractivity (Wildman–Crippen MR) is 141 cm³/mol. The molecular weight excluding hydrogens is 528 g/mol. The molecule has 0 atom stereocenters. The number of methoxy groups -OCH3 is 1. The Labute approximate surface area is 224 Å². The van der Waals surface area contributed by atoms with Gasteiger partial charge in [0.1, 0.15) is 11.4 Å². The molecule has 3 aromatic carbocycles. The average Bonchev–Trinajstić information content (AvgIpc) is 3.47. The van der Waals surface area contributed by atoms with E-state index in [1.54, 1.807) is 13.3 Å². The minimum absolute atomic E-state index is 0. The van der Waals surface area contributed by atoms with Crippen molar-refractivity contribution in [1.29, 1.82) is 0 Å². The Morgan fingerprint density at radius 3 is 2.19 bits per heavy atom. The molecule has 1 aliphatic heterocycles. The summed E-state index contributed by atoms with van der Waals surface area (Å²) in [4.78, 5) is 18.3. The van der Waals surface area contributed by atoms with Crippen LogP contribution in [-0.2, 0) is 0 Å². The van der Waals surface area contributed by atoms with E-state index in [0.29, 0.717) is 5.69 Å². The van der Waals surface area contributed by atoms with Crippen LogP contribution in [0.5, 0.6) is 5.75 Å². The number of para-hydroxylation sites is 1. The molecule has 0 bridgehead atoms. The molecule has 0 fully saturated rings. The zero-order valence-electron chi connectivity index (χ0n) is 20.0. The summed E-state index contributed by atoms with van der Waals surface area (Å²) in [7, 11) is 1.66. The Hall–Kier alpha value is -4.49. The minimum atomic E-state index is -0.207. The van der Waals surface area contributed by atoms with Gasteiger partial charge >= 0.3 is 0 Å². The van der Waals surface area contributed by atoms with Gasteiger partial charge in [-0.25, -0.2) is 9.67 Å². The maximum Gasteiger partial charge on any atom is 0.297 e. The van der Waals surface area contributed by atoms with E-state index >= 15 is 0 Å². The Morgan fingerprint density at radius 2 is 1.49 bits per heavy atom. The number of ether oxygens (including phenoxy) is 1. The lowest BCUT2D eigenvalue weighted by atomic mass is 9.97. The highest BCUT2D eigenvalue weighted by molar-refractivity contribution is 6.37. The molecule has 6 nitrogen and oxygen atoms in total. The third-order valence-corrected chi connectivity index (χ3v) is 6.24.